The van der Waals surface area contributed by atoms with E-state index in [0.29, 0.717) is 0 Å². The molecule has 5 heteroatoms. The molecule has 2 rings (SSSR count). The zero-order valence-electron chi connectivity index (χ0n) is 15.3. The molecule has 1 saturated heterocycles. The standard InChI is InChI=1S/C19H31N3O2/c1-4-5-6-7-16(2)20-19(23)22-14-12-21(13-15-22)17-8-10-18(24-3)11-9-17/h8-11,16H,4-7,12-15H2,1-3H3,(H,20,23). The summed E-state index contributed by atoms with van der Waals surface area (Å²) in [4.78, 5) is 16.6. The van der Waals surface area contributed by atoms with Crippen molar-refractivity contribution in [2.75, 3.05) is 38.2 Å². The second-order valence-electron chi connectivity index (χ2n) is 6.52. The Hall–Kier alpha value is -1.91. The summed E-state index contributed by atoms with van der Waals surface area (Å²) < 4.78 is 5.20. The van der Waals surface area contributed by atoms with E-state index in [4.69, 9.17) is 4.74 Å². The molecule has 0 saturated carbocycles. The van der Waals surface area contributed by atoms with Gasteiger partial charge in [0.1, 0.15) is 5.75 Å². The summed E-state index contributed by atoms with van der Waals surface area (Å²) in [5, 5.41) is 3.13. The van der Waals surface area contributed by atoms with Crippen LogP contribution in [0, 0.1) is 0 Å². The average molecular weight is 333 g/mol. The zero-order valence-corrected chi connectivity index (χ0v) is 15.3. The van der Waals surface area contributed by atoms with Gasteiger partial charge in [0.05, 0.1) is 7.11 Å². The van der Waals surface area contributed by atoms with E-state index in [1.807, 2.05) is 17.0 Å². The average Bonchev–Trinajstić information content (AvgIpc) is 2.62. The Kier molecular flexibility index (Phi) is 7.22. The van der Waals surface area contributed by atoms with Crippen molar-refractivity contribution in [3.63, 3.8) is 0 Å². The molecule has 1 heterocycles. The number of carbonyl (C=O) groups excluding carboxylic acids is 1. The molecule has 1 aliphatic rings. The summed E-state index contributed by atoms with van der Waals surface area (Å²) in [6.07, 6.45) is 4.70. The first-order valence-electron chi connectivity index (χ1n) is 9.08. The first-order chi connectivity index (χ1) is 11.6. The first kappa shape index (κ1) is 18.4. The van der Waals surface area contributed by atoms with Crippen LogP contribution in [0.3, 0.4) is 0 Å². The molecule has 5 nitrogen and oxygen atoms in total. The number of piperazine rings is 1. The van der Waals surface area contributed by atoms with Crippen molar-refractivity contribution in [1.82, 2.24) is 10.2 Å². The summed E-state index contributed by atoms with van der Waals surface area (Å²) in [7, 11) is 1.68. The summed E-state index contributed by atoms with van der Waals surface area (Å²) in [6.45, 7) is 7.56. The normalized spacial score (nSPS) is 16.0. The van der Waals surface area contributed by atoms with Crippen LogP contribution < -0.4 is 15.0 Å². The first-order valence-corrected chi connectivity index (χ1v) is 9.08. The number of anilines is 1. The minimum Gasteiger partial charge on any atom is -0.497 e. The van der Waals surface area contributed by atoms with Crippen LogP contribution in [0.25, 0.3) is 0 Å². The van der Waals surface area contributed by atoms with E-state index in [2.05, 4.69) is 36.2 Å². The van der Waals surface area contributed by atoms with Gasteiger partial charge >= 0.3 is 6.03 Å². The summed E-state index contributed by atoms with van der Waals surface area (Å²) in [5.41, 5.74) is 1.18. The second-order valence-corrected chi connectivity index (χ2v) is 6.52. The van der Waals surface area contributed by atoms with Crippen molar-refractivity contribution in [2.24, 2.45) is 0 Å². The molecule has 0 bridgehead atoms. The lowest BCUT2D eigenvalue weighted by Crippen LogP contribution is -2.53. The van der Waals surface area contributed by atoms with E-state index < -0.39 is 0 Å². The molecule has 1 aromatic rings. The molecule has 0 aliphatic carbocycles. The van der Waals surface area contributed by atoms with Gasteiger partial charge in [0.15, 0.2) is 0 Å². The molecule has 0 radical (unpaired) electrons. The fourth-order valence-corrected chi connectivity index (χ4v) is 3.04. The quantitative estimate of drug-likeness (QED) is 0.777. The van der Waals surface area contributed by atoms with Gasteiger partial charge in [-0.2, -0.15) is 0 Å². The van der Waals surface area contributed by atoms with Gasteiger partial charge in [-0.25, -0.2) is 4.79 Å². The topological polar surface area (TPSA) is 44.8 Å². The van der Waals surface area contributed by atoms with Gasteiger partial charge < -0.3 is 19.9 Å². The molecule has 1 fully saturated rings. The van der Waals surface area contributed by atoms with E-state index in [9.17, 15) is 4.79 Å². The van der Waals surface area contributed by atoms with Crippen LogP contribution >= 0.6 is 0 Å². The van der Waals surface area contributed by atoms with E-state index in [-0.39, 0.29) is 12.1 Å². The van der Waals surface area contributed by atoms with Crippen molar-refractivity contribution >= 4 is 11.7 Å². The highest BCUT2D eigenvalue weighted by atomic mass is 16.5. The number of nitrogens with one attached hydrogen (secondary N) is 1. The van der Waals surface area contributed by atoms with Crippen LogP contribution in [0.2, 0.25) is 0 Å². The molecular weight excluding hydrogens is 302 g/mol. The number of methoxy groups -OCH3 is 1. The Balaban J connectivity index is 1.75. The lowest BCUT2D eigenvalue weighted by atomic mass is 10.1. The number of rotatable bonds is 7. The van der Waals surface area contributed by atoms with Gasteiger partial charge in [-0.1, -0.05) is 26.2 Å². The predicted octanol–water partition coefficient (Wildman–Crippen LogP) is 3.50. The Labute approximate surface area is 146 Å². The lowest BCUT2D eigenvalue weighted by Gasteiger charge is -2.36. The van der Waals surface area contributed by atoms with Crippen LogP contribution in [0.4, 0.5) is 10.5 Å². The largest absolute Gasteiger partial charge is 0.497 e. The van der Waals surface area contributed by atoms with Crippen molar-refractivity contribution in [3.8, 4) is 5.75 Å². The van der Waals surface area contributed by atoms with Crippen molar-refractivity contribution in [3.05, 3.63) is 24.3 Å². The maximum Gasteiger partial charge on any atom is 0.317 e. The highest BCUT2D eigenvalue weighted by molar-refractivity contribution is 5.74. The monoisotopic (exact) mass is 333 g/mol. The maximum absolute atomic E-state index is 12.3. The third kappa shape index (κ3) is 5.32. The number of carbonyl (C=O) groups is 1. The third-order valence-electron chi connectivity index (χ3n) is 4.62. The molecule has 24 heavy (non-hydrogen) atoms. The molecule has 0 aromatic heterocycles. The maximum atomic E-state index is 12.3. The molecule has 1 aliphatic heterocycles. The van der Waals surface area contributed by atoms with E-state index in [0.717, 1.165) is 38.3 Å². The van der Waals surface area contributed by atoms with Gasteiger partial charge in [-0.3, -0.25) is 0 Å². The number of ether oxygens (including phenoxy) is 1. The highest BCUT2D eigenvalue weighted by Gasteiger charge is 2.22. The Morgan fingerprint density at radius 3 is 2.42 bits per heavy atom. The van der Waals surface area contributed by atoms with Gasteiger partial charge in [0.25, 0.3) is 0 Å². The highest BCUT2D eigenvalue weighted by Crippen LogP contribution is 2.20. The van der Waals surface area contributed by atoms with Gasteiger partial charge in [0.2, 0.25) is 0 Å². The molecule has 1 unspecified atom stereocenters. The molecule has 1 N–H and O–H groups in total. The number of hydrogen-bond acceptors (Lipinski definition) is 3. The van der Waals surface area contributed by atoms with Crippen molar-refractivity contribution in [1.29, 1.82) is 0 Å². The van der Waals surface area contributed by atoms with E-state index in [1.54, 1.807) is 7.11 Å². The minimum absolute atomic E-state index is 0.0772. The van der Waals surface area contributed by atoms with Crippen molar-refractivity contribution in [2.45, 2.75) is 45.6 Å². The number of unbranched alkanes of at least 4 members (excludes halogenated alkanes) is 2. The Morgan fingerprint density at radius 2 is 1.83 bits per heavy atom. The molecule has 1 atom stereocenters. The summed E-state index contributed by atoms with van der Waals surface area (Å²) in [5.74, 6) is 0.869. The van der Waals surface area contributed by atoms with Crippen LogP contribution in [0.1, 0.15) is 39.5 Å². The third-order valence-corrected chi connectivity index (χ3v) is 4.62. The number of urea groups is 1. The Bertz CT molecular complexity index is 496. The Morgan fingerprint density at radius 1 is 1.17 bits per heavy atom. The molecule has 2 amide bonds. The van der Waals surface area contributed by atoms with Gasteiger partial charge in [-0.05, 0) is 37.6 Å². The zero-order chi connectivity index (χ0) is 17.4. The van der Waals surface area contributed by atoms with Crippen LogP contribution in [-0.2, 0) is 0 Å². The fourth-order valence-electron chi connectivity index (χ4n) is 3.04. The second kappa shape index (κ2) is 9.40. The number of nitrogens with zero attached hydrogens (tertiary/aromatic N) is 2. The molecular formula is C19H31N3O2. The SMILES string of the molecule is CCCCCC(C)NC(=O)N1CCN(c2ccc(OC)cc2)CC1. The van der Waals surface area contributed by atoms with Gasteiger partial charge in [-0.15, -0.1) is 0 Å². The molecule has 1 aromatic carbocycles. The van der Waals surface area contributed by atoms with Crippen LogP contribution in [-0.4, -0.2) is 50.3 Å². The van der Waals surface area contributed by atoms with Crippen LogP contribution in [0.5, 0.6) is 5.75 Å². The smallest absolute Gasteiger partial charge is 0.317 e. The molecule has 134 valence electrons. The van der Waals surface area contributed by atoms with Crippen molar-refractivity contribution < 1.29 is 9.53 Å². The predicted molar refractivity (Wildman–Crippen MR) is 98.9 cm³/mol. The van der Waals surface area contributed by atoms with E-state index in [1.165, 1.54) is 24.9 Å². The fraction of sp³-hybridized carbons (Fsp3) is 0.632. The molecule has 0 spiro atoms. The van der Waals surface area contributed by atoms with Gasteiger partial charge in [0, 0.05) is 37.9 Å². The number of hydrogen-bond donors (Lipinski definition) is 1. The minimum atomic E-state index is 0.0772. The van der Waals surface area contributed by atoms with E-state index >= 15 is 0 Å². The number of amides is 2. The van der Waals surface area contributed by atoms with Crippen LogP contribution in [0.15, 0.2) is 24.3 Å². The summed E-state index contributed by atoms with van der Waals surface area (Å²) >= 11 is 0. The summed E-state index contributed by atoms with van der Waals surface area (Å²) in [6, 6.07) is 8.44. The lowest BCUT2D eigenvalue weighted by molar-refractivity contribution is 0.190. The number of benzene rings is 1.